The van der Waals surface area contributed by atoms with Crippen molar-refractivity contribution in [1.82, 2.24) is 10.2 Å². The van der Waals surface area contributed by atoms with Gasteiger partial charge in [-0.3, -0.25) is 4.79 Å². The molecule has 1 heterocycles. The maximum absolute atomic E-state index is 13.1. The van der Waals surface area contributed by atoms with Crippen LogP contribution in [0.1, 0.15) is 62.2 Å². The molecule has 0 atom stereocenters. The number of carbonyl (C=O) groups is 2. The molecule has 1 aromatic rings. The molecule has 0 bridgehead atoms. The summed E-state index contributed by atoms with van der Waals surface area (Å²) < 4.78 is 13.1. The first-order valence-corrected chi connectivity index (χ1v) is 10.4. The molecular formula is C22H31FN2O3. The first-order chi connectivity index (χ1) is 13.4. The number of nitrogens with one attached hydrogen (secondary N) is 1. The maximum atomic E-state index is 13.1. The highest BCUT2D eigenvalue weighted by Crippen LogP contribution is 2.35. The Morgan fingerprint density at radius 2 is 1.75 bits per heavy atom. The van der Waals surface area contributed by atoms with Crippen LogP contribution in [0.5, 0.6) is 0 Å². The van der Waals surface area contributed by atoms with Gasteiger partial charge in [-0.05, 0) is 94.8 Å². The number of hydrogen-bond acceptors (Lipinski definition) is 3. The summed E-state index contributed by atoms with van der Waals surface area (Å²) in [5, 5.41) is 11.4. The Bertz CT molecular complexity index is 676. The van der Waals surface area contributed by atoms with E-state index in [1.807, 2.05) is 6.92 Å². The van der Waals surface area contributed by atoms with Gasteiger partial charge in [0.2, 0.25) is 0 Å². The lowest BCUT2D eigenvalue weighted by Gasteiger charge is -2.39. The number of piperidine rings is 1. The third kappa shape index (κ3) is 5.31. The van der Waals surface area contributed by atoms with Crippen molar-refractivity contribution in [2.45, 2.75) is 57.9 Å². The van der Waals surface area contributed by atoms with Crippen LogP contribution in [0.25, 0.3) is 0 Å². The number of nitrogens with zero attached hydrogens (tertiary/aromatic N) is 1. The Kier molecular flexibility index (Phi) is 6.70. The zero-order chi connectivity index (χ0) is 20.1. The number of rotatable bonds is 6. The second-order valence-electron chi connectivity index (χ2n) is 8.69. The number of ketones is 1. The molecular weight excluding hydrogens is 359 g/mol. The molecule has 28 heavy (non-hydrogen) atoms. The minimum Gasteiger partial charge on any atom is -0.465 e. The standard InChI is InChI=1S/C22H31FN2O3/c1-22(20(26)17-4-6-18(23)7-5-17)11-14-25(15-12-22)13-10-16-2-8-19(9-3-16)24-21(27)28/h4-7,16,19,24H,2-3,8-15H2,1H3,(H,27,28). The highest BCUT2D eigenvalue weighted by molar-refractivity contribution is 6.00. The fourth-order valence-corrected chi connectivity index (χ4v) is 4.58. The minimum atomic E-state index is -0.921. The fraction of sp³-hybridized carbons (Fsp3) is 0.636. The lowest BCUT2D eigenvalue weighted by atomic mass is 9.74. The van der Waals surface area contributed by atoms with Gasteiger partial charge >= 0.3 is 6.09 Å². The van der Waals surface area contributed by atoms with Gasteiger partial charge in [0.1, 0.15) is 5.82 Å². The predicted molar refractivity (Wildman–Crippen MR) is 106 cm³/mol. The highest BCUT2D eigenvalue weighted by atomic mass is 19.1. The van der Waals surface area contributed by atoms with Gasteiger partial charge in [0.15, 0.2) is 5.78 Å². The van der Waals surface area contributed by atoms with Crippen LogP contribution in [0, 0.1) is 17.2 Å². The van der Waals surface area contributed by atoms with Gasteiger partial charge in [0.05, 0.1) is 0 Å². The Balaban J connectivity index is 1.41. The monoisotopic (exact) mass is 390 g/mol. The largest absolute Gasteiger partial charge is 0.465 e. The molecule has 0 unspecified atom stereocenters. The molecule has 0 spiro atoms. The zero-order valence-electron chi connectivity index (χ0n) is 16.6. The molecule has 5 nitrogen and oxygen atoms in total. The van der Waals surface area contributed by atoms with Gasteiger partial charge in [-0.2, -0.15) is 0 Å². The van der Waals surface area contributed by atoms with E-state index in [0.717, 1.165) is 64.6 Å². The van der Waals surface area contributed by atoms with Crippen molar-refractivity contribution >= 4 is 11.9 Å². The average Bonchev–Trinajstić information content (AvgIpc) is 2.68. The SMILES string of the molecule is CC1(C(=O)c2ccc(F)cc2)CCN(CCC2CCC(NC(=O)O)CC2)CC1. The van der Waals surface area contributed by atoms with Gasteiger partial charge < -0.3 is 15.3 Å². The van der Waals surface area contributed by atoms with E-state index in [1.54, 1.807) is 12.1 Å². The second kappa shape index (κ2) is 9.03. The topological polar surface area (TPSA) is 69.6 Å². The Morgan fingerprint density at radius 1 is 1.14 bits per heavy atom. The van der Waals surface area contributed by atoms with Crippen LogP contribution in [0.2, 0.25) is 0 Å². The molecule has 6 heteroatoms. The van der Waals surface area contributed by atoms with Crippen LogP contribution in [0.3, 0.4) is 0 Å². The average molecular weight is 390 g/mol. The molecule has 1 saturated heterocycles. The molecule has 3 rings (SSSR count). The molecule has 0 radical (unpaired) electrons. The Labute approximate surface area is 166 Å². The van der Waals surface area contributed by atoms with Gasteiger partial charge in [-0.15, -0.1) is 0 Å². The molecule has 1 aliphatic heterocycles. The Morgan fingerprint density at radius 3 is 2.32 bits per heavy atom. The highest BCUT2D eigenvalue weighted by Gasteiger charge is 2.37. The summed E-state index contributed by atoms with van der Waals surface area (Å²) in [6.45, 7) is 4.91. The van der Waals surface area contributed by atoms with Crippen LogP contribution in [0.15, 0.2) is 24.3 Å². The summed E-state index contributed by atoms with van der Waals surface area (Å²) in [6, 6.07) is 6.00. The summed E-state index contributed by atoms with van der Waals surface area (Å²) >= 11 is 0. The molecule has 2 fully saturated rings. The molecule has 1 aromatic carbocycles. The molecule has 154 valence electrons. The van der Waals surface area contributed by atoms with E-state index in [0.29, 0.717) is 11.5 Å². The van der Waals surface area contributed by atoms with Crippen molar-refractivity contribution in [2.24, 2.45) is 11.3 Å². The van der Waals surface area contributed by atoms with Crippen LogP contribution in [-0.2, 0) is 0 Å². The van der Waals surface area contributed by atoms with Crippen LogP contribution in [0.4, 0.5) is 9.18 Å². The predicted octanol–water partition coefficient (Wildman–Crippen LogP) is 4.33. The second-order valence-corrected chi connectivity index (χ2v) is 8.69. The smallest absolute Gasteiger partial charge is 0.404 e. The summed E-state index contributed by atoms with van der Waals surface area (Å²) in [5.41, 5.74) is 0.235. The van der Waals surface area contributed by atoms with Gasteiger partial charge in [-0.1, -0.05) is 6.92 Å². The Hall–Kier alpha value is -1.95. The number of halogens is 1. The van der Waals surface area contributed by atoms with Crippen molar-refractivity contribution in [3.8, 4) is 0 Å². The maximum Gasteiger partial charge on any atom is 0.404 e. The molecule has 1 saturated carbocycles. The molecule has 1 amide bonds. The first-order valence-electron chi connectivity index (χ1n) is 10.4. The third-order valence-electron chi connectivity index (χ3n) is 6.64. The summed E-state index contributed by atoms with van der Waals surface area (Å²) in [7, 11) is 0. The van der Waals surface area contributed by atoms with Crippen molar-refractivity contribution in [2.75, 3.05) is 19.6 Å². The summed E-state index contributed by atoms with van der Waals surface area (Å²) in [5.74, 6) is 0.474. The van der Waals surface area contributed by atoms with Crippen molar-refractivity contribution in [1.29, 1.82) is 0 Å². The minimum absolute atomic E-state index is 0.113. The molecule has 2 aliphatic rings. The number of carbonyl (C=O) groups excluding carboxylic acids is 1. The summed E-state index contributed by atoms with van der Waals surface area (Å²) in [4.78, 5) is 26.0. The molecule has 1 aliphatic carbocycles. The van der Waals surface area contributed by atoms with Crippen molar-refractivity contribution in [3.63, 3.8) is 0 Å². The van der Waals surface area contributed by atoms with Crippen molar-refractivity contribution in [3.05, 3.63) is 35.6 Å². The fourth-order valence-electron chi connectivity index (χ4n) is 4.58. The van der Waals surface area contributed by atoms with Crippen LogP contribution >= 0.6 is 0 Å². The summed E-state index contributed by atoms with van der Waals surface area (Å²) in [6.07, 6.45) is 5.91. The van der Waals surface area contributed by atoms with E-state index in [-0.39, 0.29) is 23.1 Å². The zero-order valence-corrected chi connectivity index (χ0v) is 16.6. The van der Waals surface area contributed by atoms with Gasteiger partial charge in [0.25, 0.3) is 0 Å². The number of hydrogen-bond donors (Lipinski definition) is 2. The molecule has 0 aromatic heterocycles. The van der Waals surface area contributed by atoms with Gasteiger partial charge in [0, 0.05) is 17.0 Å². The number of benzene rings is 1. The quantitative estimate of drug-likeness (QED) is 0.710. The number of likely N-dealkylation sites (tertiary alicyclic amines) is 1. The lowest BCUT2D eigenvalue weighted by Crippen LogP contribution is -2.43. The van der Waals surface area contributed by atoms with E-state index in [9.17, 15) is 14.0 Å². The van der Waals surface area contributed by atoms with Crippen LogP contribution in [-0.4, -0.2) is 47.6 Å². The number of amides is 1. The van der Waals surface area contributed by atoms with E-state index < -0.39 is 6.09 Å². The van der Waals surface area contributed by atoms with E-state index in [4.69, 9.17) is 5.11 Å². The van der Waals surface area contributed by atoms with E-state index >= 15 is 0 Å². The van der Waals surface area contributed by atoms with Crippen LogP contribution < -0.4 is 5.32 Å². The van der Waals surface area contributed by atoms with Crippen molar-refractivity contribution < 1.29 is 19.1 Å². The van der Waals surface area contributed by atoms with Gasteiger partial charge in [-0.25, -0.2) is 9.18 Å². The van der Waals surface area contributed by atoms with E-state index in [1.165, 1.54) is 12.1 Å². The third-order valence-corrected chi connectivity index (χ3v) is 6.64. The normalized spacial score (nSPS) is 25.2. The first kappa shape index (κ1) is 20.8. The number of carboxylic acid groups (broad SMARTS) is 1. The molecule has 2 N–H and O–H groups in total. The number of Topliss-reactive ketones (excluding diaryl/α,β-unsaturated/α-hetero) is 1. The lowest BCUT2D eigenvalue weighted by molar-refractivity contribution is 0.0632. The van der Waals surface area contributed by atoms with E-state index in [2.05, 4.69) is 10.2 Å².